The molecule has 2 amide bonds. The zero-order valence-corrected chi connectivity index (χ0v) is 18.2. The summed E-state index contributed by atoms with van der Waals surface area (Å²) in [4.78, 5) is 33.6. The summed E-state index contributed by atoms with van der Waals surface area (Å²) < 4.78 is 9.88. The molecule has 9 nitrogen and oxygen atoms in total. The van der Waals surface area contributed by atoms with Crippen molar-refractivity contribution in [2.45, 2.75) is 6.42 Å². The van der Waals surface area contributed by atoms with Gasteiger partial charge in [0.15, 0.2) is 0 Å². The van der Waals surface area contributed by atoms with Crippen LogP contribution < -0.4 is 15.4 Å². The van der Waals surface area contributed by atoms with E-state index in [-0.39, 0.29) is 18.1 Å². The molecule has 0 heterocycles. The largest absolute Gasteiger partial charge is 0.496 e. The topological polar surface area (TPSA) is 120 Å². The number of nitrogens with one attached hydrogen (secondary N) is 2. The number of rotatable bonds is 8. The number of carbonyl (C=O) groups is 2. The number of hydrogen-bond acceptors (Lipinski definition) is 6. The zero-order chi connectivity index (χ0) is 23.8. The Bertz CT molecular complexity index is 1160. The fourth-order valence-corrected chi connectivity index (χ4v) is 3.25. The first-order valence-electron chi connectivity index (χ1n) is 10.0. The zero-order valence-electron chi connectivity index (χ0n) is 18.2. The molecule has 0 aliphatic rings. The Balaban J connectivity index is 1.73. The lowest BCUT2D eigenvalue weighted by molar-refractivity contribution is -0.384. The van der Waals surface area contributed by atoms with Crippen LogP contribution in [0.25, 0.3) is 11.1 Å². The summed E-state index contributed by atoms with van der Waals surface area (Å²) in [6, 6.07) is 19.5. The summed E-state index contributed by atoms with van der Waals surface area (Å²) in [6.07, 6.45) is -0.0613. The third kappa shape index (κ3) is 6.30. The molecule has 0 radical (unpaired) electrons. The van der Waals surface area contributed by atoms with Crippen molar-refractivity contribution < 1.29 is 24.0 Å². The third-order valence-corrected chi connectivity index (χ3v) is 4.86. The maximum Gasteiger partial charge on any atom is 0.407 e. The van der Waals surface area contributed by atoms with Crippen molar-refractivity contribution >= 4 is 23.4 Å². The number of non-ortho nitro benzene ring substituents is 1. The van der Waals surface area contributed by atoms with Gasteiger partial charge in [-0.3, -0.25) is 14.9 Å². The minimum Gasteiger partial charge on any atom is -0.496 e. The van der Waals surface area contributed by atoms with Gasteiger partial charge in [-0.2, -0.15) is 0 Å². The molecule has 9 heteroatoms. The molecule has 0 saturated carbocycles. The van der Waals surface area contributed by atoms with Gasteiger partial charge < -0.3 is 20.1 Å². The van der Waals surface area contributed by atoms with Crippen molar-refractivity contribution in [3.05, 3.63) is 88.0 Å². The highest BCUT2D eigenvalue weighted by atomic mass is 16.6. The van der Waals surface area contributed by atoms with Crippen LogP contribution in [0, 0.1) is 10.1 Å². The number of alkyl carbamates (subject to hydrolysis) is 1. The average molecular weight is 449 g/mol. The van der Waals surface area contributed by atoms with Gasteiger partial charge in [0.2, 0.25) is 5.91 Å². The highest BCUT2D eigenvalue weighted by Gasteiger charge is 2.12. The van der Waals surface area contributed by atoms with Crippen molar-refractivity contribution in [3.63, 3.8) is 0 Å². The van der Waals surface area contributed by atoms with Crippen LogP contribution in [0.4, 0.5) is 16.2 Å². The number of nitro groups is 1. The van der Waals surface area contributed by atoms with Crippen LogP contribution in [0.5, 0.6) is 5.75 Å². The van der Waals surface area contributed by atoms with Crippen molar-refractivity contribution in [2.75, 3.05) is 26.1 Å². The number of nitro benzene ring substituents is 1. The second-order valence-corrected chi connectivity index (χ2v) is 7.11. The lowest BCUT2D eigenvalue weighted by Gasteiger charge is -2.12. The van der Waals surface area contributed by atoms with Gasteiger partial charge in [-0.15, -0.1) is 0 Å². The molecule has 0 atom stereocenters. The summed E-state index contributed by atoms with van der Waals surface area (Å²) in [5, 5.41) is 16.2. The Hall–Kier alpha value is -4.40. The predicted octanol–water partition coefficient (Wildman–Crippen LogP) is 4.16. The quantitative estimate of drug-likeness (QED) is 0.394. The number of carbonyl (C=O) groups excluding carboxylic acids is 2. The maximum atomic E-state index is 11.9. The van der Waals surface area contributed by atoms with Crippen LogP contribution in [0.2, 0.25) is 0 Å². The van der Waals surface area contributed by atoms with E-state index in [1.807, 2.05) is 30.3 Å². The lowest BCUT2D eigenvalue weighted by atomic mass is 9.98. The Kier molecular flexibility index (Phi) is 7.59. The fraction of sp³-hybridized carbons (Fsp3) is 0.167. The molecule has 2 N–H and O–H groups in total. The van der Waals surface area contributed by atoms with Crippen LogP contribution >= 0.6 is 0 Å². The monoisotopic (exact) mass is 449 g/mol. The minimum absolute atomic E-state index is 0.0133. The Morgan fingerprint density at radius 2 is 1.70 bits per heavy atom. The standard InChI is InChI=1S/C24H23N3O6/c1-32-22-11-8-17(13-21(22)18-4-3-5-20(14-18)27(30)31)12-16-6-9-19(10-7-16)26-23(28)15-25-24(29)33-2/h3-11,13-14H,12,15H2,1-2H3,(H,25,29)(H,26,28). The van der Waals surface area contributed by atoms with Gasteiger partial charge in [-0.25, -0.2) is 4.79 Å². The van der Waals surface area contributed by atoms with Crippen LogP contribution in [-0.4, -0.2) is 37.7 Å². The van der Waals surface area contributed by atoms with Gasteiger partial charge in [0, 0.05) is 23.4 Å². The van der Waals surface area contributed by atoms with Crippen molar-refractivity contribution in [3.8, 4) is 16.9 Å². The van der Waals surface area contributed by atoms with Gasteiger partial charge in [0.25, 0.3) is 5.69 Å². The van der Waals surface area contributed by atoms with E-state index in [9.17, 15) is 19.7 Å². The number of methoxy groups -OCH3 is 2. The molecule has 3 aromatic rings. The number of ether oxygens (including phenoxy) is 2. The molecule has 0 aliphatic carbocycles. The first kappa shape index (κ1) is 23.3. The Morgan fingerprint density at radius 3 is 2.36 bits per heavy atom. The van der Waals surface area contributed by atoms with E-state index in [1.54, 1.807) is 31.4 Å². The molecule has 0 unspecified atom stereocenters. The number of nitrogens with zero attached hydrogens (tertiary/aromatic N) is 1. The Morgan fingerprint density at radius 1 is 0.970 bits per heavy atom. The first-order chi connectivity index (χ1) is 15.9. The number of anilines is 1. The van der Waals surface area contributed by atoms with Crippen LogP contribution in [0.15, 0.2) is 66.7 Å². The van der Waals surface area contributed by atoms with Gasteiger partial charge in [-0.05, 0) is 47.4 Å². The molecule has 0 bridgehead atoms. The third-order valence-electron chi connectivity index (χ3n) is 4.86. The van der Waals surface area contributed by atoms with E-state index in [2.05, 4.69) is 15.4 Å². The average Bonchev–Trinajstić information content (AvgIpc) is 2.83. The van der Waals surface area contributed by atoms with Crippen LogP contribution in [0.3, 0.4) is 0 Å². The predicted molar refractivity (Wildman–Crippen MR) is 123 cm³/mol. The molecule has 3 rings (SSSR count). The normalized spacial score (nSPS) is 10.2. The molecule has 0 aromatic heterocycles. The summed E-state index contributed by atoms with van der Waals surface area (Å²) >= 11 is 0. The van der Waals surface area contributed by atoms with E-state index >= 15 is 0 Å². The molecule has 0 spiro atoms. The second-order valence-electron chi connectivity index (χ2n) is 7.11. The van der Waals surface area contributed by atoms with E-state index in [0.717, 1.165) is 16.7 Å². The fourth-order valence-electron chi connectivity index (χ4n) is 3.25. The molecule has 3 aromatic carbocycles. The van der Waals surface area contributed by atoms with Crippen molar-refractivity contribution in [1.82, 2.24) is 5.32 Å². The summed E-state index contributed by atoms with van der Waals surface area (Å²) in [5.41, 5.74) is 4.08. The summed E-state index contributed by atoms with van der Waals surface area (Å²) in [7, 11) is 2.78. The number of hydrogen-bond donors (Lipinski definition) is 2. The smallest absolute Gasteiger partial charge is 0.407 e. The van der Waals surface area contributed by atoms with Crippen LogP contribution in [-0.2, 0) is 16.0 Å². The lowest BCUT2D eigenvalue weighted by Crippen LogP contribution is -2.32. The number of amides is 2. The molecule has 0 aliphatic heterocycles. The van der Waals surface area contributed by atoms with Crippen LogP contribution in [0.1, 0.15) is 11.1 Å². The van der Waals surface area contributed by atoms with E-state index in [0.29, 0.717) is 23.4 Å². The van der Waals surface area contributed by atoms with E-state index in [4.69, 9.17) is 4.74 Å². The van der Waals surface area contributed by atoms with Gasteiger partial charge in [0.1, 0.15) is 12.3 Å². The minimum atomic E-state index is -0.676. The highest BCUT2D eigenvalue weighted by Crippen LogP contribution is 2.33. The molecular weight excluding hydrogens is 426 g/mol. The van der Waals surface area contributed by atoms with Gasteiger partial charge in [-0.1, -0.05) is 30.3 Å². The van der Waals surface area contributed by atoms with E-state index < -0.39 is 11.0 Å². The van der Waals surface area contributed by atoms with Gasteiger partial charge >= 0.3 is 6.09 Å². The number of benzene rings is 3. The molecule has 0 fully saturated rings. The summed E-state index contributed by atoms with van der Waals surface area (Å²) in [6.45, 7) is -0.194. The van der Waals surface area contributed by atoms with E-state index in [1.165, 1.54) is 19.2 Å². The highest BCUT2D eigenvalue weighted by molar-refractivity contribution is 5.93. The van der Waals surface area contributed by atoms with Gasteiger partial charge in [0.05, 0.1) is 19.1 Å². The van der Waals surface area contributed by atoms with Crippen molar-refractivity contribution in [1.29, 1.82) is 0 Å². The Labute approximate surface area is 190 Å². The SMILES string of the molecule is COC(=O)NCC(=O)Nc1ccc(Cc2ccc(OC)c(-c3cccc([N+](=O)[O-])c3)c2)cc1. The molecule has 33 heavy (non-hydrogen) atoms. The maximum absolute atomic E-state index is 11.9. The molecule has 170 valence electrons. The second kappa shape index (κ2) is 10.8. The molecular formula is C24H23N3O6. The van der Waals surface area contributed by atoms with Crippen molar-refractivity contribution in [2.24, 2.45) is 0 Å². The molecule has 0 saturated heterocycles. The summed E-state index contributed by atoms with van der Waals surface area (Å²) in [5.74, 6) is 0.253. The first-order valence-corrected chi connectivity index (χ1v) is 10.0.